The molecule has 11 nitrogen and oxygen atoms in total. The van der Waals surface area contributed by atoms with E-state index in [4.69, 9.17) is 5.11 Å². The minimum absolute atomic E-state index is 0.0288. The molecule has 1 aliphatic carbocycles. The van der Waals surface area contributed by atoms with Gasteiger partial charge in [0, 0.05) is 33.1 Å². The number of carbonyl (C=O) groups excluding carboxylic acids is 4. The van der Waals surface area contributed by atoms with Gasteiger partial charge in [0.05, 0.1) is 6.04 Å². The fraction of sp³-hybridized carbons (Fsp3) is 0.762. The Morgan fingerprint density at radius 2 is 1.78 bits per heavy atom. The summed E-state index contributed by atoms with van der Waals surface area (Å²) >= 11 is 0. The number of nitrogens with zero attached hydrogens (tertiary/aromatic N) is 1. The highest BCUT2D eigenvalue weighted by Crippen LogP contribution is 2.27. The molecular formula is C21H37N5O6. The van der Waals surface area contributed by atoms with Crippen LogP contribution in [-0.2, 0) is 14.4 Å². The predicted molar refractivity (Wildman–Crippen MR) is 118 cm³/mol. The van der Waals surface area contributed by atoms with Gasteiger partial charge < -0.3 is 36.1 Å². The summed E-state index contributed by atoms with van der Waals surface area (Å²) in [5.74, 6) is -0.516. The summed E-state index contributed by atoms with van der Waals surface area (Å²) in [6.45, 7) is 2.89. The van der Waals surface area contributed by atoms with Crippen LogP contribution in [0.15, 0.2) is 0 Å². The lowest BCUT2D eigenvalue weighted by atomic mass is 9.84. The molecule has 1 aliphatic rings. The van der Waals surface area contributed by atoms with Crippen LogP contribution in [0.2, 0.25) is 0 Å². The molecule has 1 rings (SSSR count). The first-order valence-electron chi connectivity index (χ1n) is 11.3. The highest BCUT2D eigenvalue weighted by Gasteiger charge is 2.27. The van der Waals surface area contributed by atoms with E-state index in [9.17, 15) is 24.0 Å². The van der Waals surface area contributed by atoms with Crippen LogP contribution in [0.25, 0.3) is 0 Å². The van der Waals surface area contributed by atoms with Crippen molar-refractivity contribution in [2.45, 2.75) is 70.4 Å². The lowest BCUT2D eigenvalue weighted by Crippen LogP contribution is -2.50. The maximum Gasteiger partial charge on any atom is 0.405 e. The number of nitrogens with one attached hydrogen (secondary N) is 4. The highest BCUT2D eigenvalue weighted by molar-refractivity contribution is 5.87. The van der Waals surface area contributed by atoms with Crippen LogP contribution in [0.5, 0.6) is 0 Å². The number of carboxylic acid groups (broad SMARTS) is 1. The summed E-state index contributed by atoms with van der Waals surface area (Å²) in [4.78, 5) is 60.2. The van der Waals surface area contributed by atoms with E-state index >= 15 is 0 Å². The van der Waals surface area contributed by atoms with Gasteiger partial charge in [-0.1, -0.05) is 32.1 Å². The van der Waals surface area contributed by atoms with Crippen molar-refractivity contribution in [3.05, 3.63) is 0 Å². The molecule has 0 spiro atoms. The van der Waals surface area contributed by atoms with Crippen LogP contribution in [0.1, 0.15) is 58.3 Å². The minimum Gasteiger partial charge on any atom is -0.465 e. The number of likely N-dealkylation sites (N-methyl/N-ethyl adjacent to an activating group) is 1. The Kier molecular flexibility index (Phi) is 12.8. The van der Waals surface area contributed by atoms with E-state index in [0.29, 0.717) is 25.8 Å². The van der Waals surface area contributed by atoms with Gasteiger partial charge in [0.25, 0.3) is 0 Å². The molecule has 0 saturated heterocycles. The second kappa shape index (κ2) is 15.0. The molecular weight excluding hydrogens is 418 g/mol. The van der Waals surface area contributed by atoms with Gasteiger partial charge >= 0.3 is 12.1 Å². The monoisotopic (exact) mass is 455 g/mol. The Balaban J connectivity index is 2.48. The maximum absolute atomic E-state index is 12.6. The van der Waals surface area contributed by atoms with Crippen molar-refractivity contribution in [2.24, 2.45) is 5.92 Å². The van der Waals surface area contributed by atoms with Crippen LogP contribution in [-0.4, -0.2) is 79.0 Å². The standard InChI is InChI=1S/C21H37N5O6/c1-3-22-20(30)23-11-12-26(2)18(28)10-9-16(14-27)24-19(29)17(25-21(31)32)13-15-7-5-4-6-8-15/h14-17,25H,3-13H2,1-2H3,(H,24,29)(H,31,32)(H2,22,23,30)/t16-,17-/m0/s1. The third kappa shape index (κ3) is 11.0. The predicted octanol–water partition coefficient (Wildman–Crippen LogP) is 0.834. The summed E-state index contributed by atoms with van der Waals surface area (Å²) in [7, 11) is 1.59. The number of rotatable bonds is 13. The van der Waals surface area contributed by atoms with E-state index in [2.05, 4.69) is 21.3 Å². The number of aldehydes is 1. The van der Waals surface area contributed by atoms with Gasteiger partial charge in [-0.05, 0) is 25.7 Å². The zero-order valence-corrected chi connectivity index (χ0v) is 19.0. The molecule has 5 N–H and O–H groups in total. The molecule has 5 amide bonds. The molecule has 182 valence electrons. The zero-order chi connectivity index (χ0) is 23.9. The Hall–Kier alpha value is -2.85. The van der Waals surface area contributed by atoms with E-state index in [-0.39, 0.29) is 37.2 Å². The minimum atomic E-state index is -1.29. The molecule has 2 atom stereocenters. The highest BCUT2D eigenvalue weighted by atomic mass is 16.4. The summed E-state index contributed by atoms with van der Waals surface area (Å²) < 4.78 is 0. The number of urea groups is 1. The van der Waals surface area contributed by atoms with Crippen molar-refractivity contribution in [2.75, 3.05) is 26.7 Å². The summed E-state index contributed by atoms with van der Waals surface area (Å²) in [6.07, 6.45) is 4.99. The second-order valence-corrected chi connectivity index (χ2v) is 8.13. The lowest BCUT2D eigenvalue weighted by molar-refractivity contribution is -0.131. The molecule has 0 unspecified atom stereocenters. The van der Waals surface area contributed by atoms with Crippen LogP contribution in [0.4, 0.5) is 9.59 Å². The van der Waals surface area contributed by atoms with Crippen LogP contribution < -0.4 is 21.3 Å². The van der Waals surface area contributed by atoms with E-state index in [1.807, 2.05) is 0 Å². The fourth-order valence-corrected chi connectivity index (χ4v) is 3.75. The van der Waals surface area contributed by atoms with Crippen molar-refractivity contribution >= 4 is 30.2 Å². The number of hydrogen-bond donors (Lipinski definition) is 5. The van der Waals surface area contributed by atoms with Crippen LogP contribution in [0, 0.1) is 5.92 Å². The van der Waals surface area contributed by atoms with E-state index in [0.717, 1.165) is 32.1 Å². The lowest BCUT2D eigenvalue weighted by Gasteiger charge is -2.26. The molecule has 0 aliphatic heterocycles. The topological polar surface area (TPSA) is 157 Å². The molecule has 1 fully saturated rings. The number of amides is 5. The average Bonchev–Trinajstić information content (AvgIpc) is 2.76. The van der Waals surface area contributed by atoms with Gasteiger partial charge in [-0.3, -0.25) is 9.59 Å². The Morgan fingerprint density at radius 1 is 1.09 bits per heavy atom. The molecule has 1 saturated carbocycles. The number of hydrogen-bond acceptors (Lipinski definition) is 5. The molecule has 0 aromatic heterocycles. The van der Waals surface area contributed by atoms with Gasteiger partial charge in [-0.15, -0.1) is 0 Å². The van der Waals surface area contributed by atoms with Crippen molar-refractivity contribution < 1.29 is 29.1 Å². The van der Waals surface area contributed by atoms with Crippen molar-refractivity contribution in [3.8, 4) is 0 Å². The molecule has 0 heterocycles. The van der Waals surface area contributed by atoms with Gasteiger partial charge in [-0.2, -0.15) is 0 Å². The SMILES string of the molecule is CCNC(=O)NCCN(C)C(=O)CC[C@@H](C=O)NC(=O)[C@H](CC1CCCCC1)NC(=O)O. The quantitative estimate of drug-likeness (QED) is 0.259. The third-order valence-corrected chi connectivity index (χ3v) is 5.56. The summed E-state index contributed by atoms with van der Waals surface area (Å²) in [5, 5.41) is 19.1. The first-order valence-corrected chi connectivity index (χ1v) is 11.3. The Morgan fingerprint density at radius 3 is 2.38 bits per heavy atom. The van der Waals surface area contributed by atoms with Crippen molar-refractivity contribution in [1.29, 1.82) is 0 Å². The first kappa shape index (κ1) is 27.2. The fourth-order valence-electron chi connectivity index (χ4n) is 3.75. The van der Waals surface area contributed by atoms with Gasteiger partial charge in [0.1, 0.15) is 12.3 Å². The zero-order valence-electron chi connectivity index (χ0n) is 19.0. The summed E-state index contributed by atoms with van der Waals surface area (Å²) in [6, 6.07) is -2.13. The Bertz CT molecular complexity index is 638. The first-order chi connectivity index (χ1) is 15.3. The van der Waals surface area contributed by atoms with Crippen molar-refractivity contribution in [1.82, 2.24) is 26.2 Å². The van der Waals surface area contributed by atoms with E-state index in [1.165, 1.54) is 4.90 Å². The Labute approximate surface area is 189 Å². The largest absolute Gasteiger partial charge is 0.465 e. The third-order valence-electron chi connectivity index (χ3n) is 5.56. The molecule has 32 heavy (non-hydrogen) atoms. The van der Waals surface area contributed by atoms with Gasteiger partial charge in [0.2, 0.25) is 11.8 Å². The molecule has 0 aromatic rings. The van der Waals surface area contributed by atoms with Gasteiger partial charge in [0.15, 0.2) is 0 Å². The molecule has 0 aromatic carbocycles. The molecule has 0 bridgehead atoms. The van der Waals surface area contributed by atoms with Crippen molar-refractivity contribution in [3.63, 3.8) is 0 Å². The smallest absolute Gasteiger partial charge is 0.405 e. The average molecular weight is 456 g/mol. The van der Waals surface area contributed by atoms with Gasteiger partial charge in [-0.25, -0.2) is 9.59 Å². The van der Waals surface area contributed by atoms with E-state index < -0.39 is 24.1 Å². The normalized spacial score (nSPS) is 15.7. The maximum atomic E-state index is 12.6. The van der Waals surface area contributed by atoms with Crippen LogP contribution in [0.3, 0.4) is 0 Å². The molecule has 11 heteroatoms. The van der Waals surface area contributed by atoms with Crippen LogP contribution >= 0.6 is 0 Å². The summed E-state index contributed by atoms with van der Waals surface area (Å²) in [5.41, 5.74) is 0. The molecule has 0 radical (unpaired) electrons. The second-order valence-electron chi connectivity index (χ2n) is 8.13. The number of carbonyl (C=O) groups is 5. The van der Waals surface area contributed by atoms with E-state index in [1.54, 1.807) is 14.0 Å².